The Kier molecular flexibility index (Phi) is 6.52. The standard InChI is InChI=1S/C23H17ClN2O6/c24-18-6-1-2-7-19(18)29-13-22(27)26-25-12-15-4-3-5-17(10-15)32-23(28)16-8-9-20-21(11-16)31-14-30-20/h1-12H,13-14H2,(H,26,27). The summed E-state index contributed by atoms with van der Waals surface area (Å²) in [5.41, 5.74) is 3.31. The van der Waals surface area contributed by atoms with Crippen molar-refractivity contribution in [2.75, 3.05) is 13.4 Å². The molecule has 162 valence electrons. The van der Waals surface area contributed by atoms with E-state index >= 15 is 0 Å². The number of ether oxygens (including phenoxy) is 4. The molecule has 1 heterocycles. The van der Waals surface area contributed by atoms with Crippen LogP contribution in [0.5, 0.6) is 23.0 Å². The minimum Gasteiger partial charge on any atom is -0.482 e. The number of hydrogen-bond donors (Lipinski definition) is 1. The average molecular weight is 453 g/mol. The van der Waals surface area contributed by atoms with Crippen LogP contribution in [-0.2, 0) is 4.79 Å². The van der Waals surface area contributed by atoms with E-state index in [-0.39, 0.29) is 13.4 Å². The lowest BCUT2D eigenvalue weighted by atomic mass is 10.2. The number of nitrogens with one attached hydrogen (secondary N) is 1. The summed E-state index contributed by atoms with van der Waals surface area (Å²) in [6, 6.07) is 18.4. The quantitative estimate of drug-likeness (QED) is 0.253. The molecule has 0 saturated carbocycles. The molecule has 32 heavy (non-hydrogen) atoms. The van der Waals surface area contributed by atoms with Crippen LogP contribution in [0.4, 0.5) is 0 Å². The van der Waals surface area contributed by atoms with Crippen molar-refractivity contribution in [2.24, 2.45) is 5.10 Å². The van der Waals surface area contributed by atoms with Gasteiger partial charge in [-0.2, -0.15) is 5.10 Å². The number of hydrazone groups is 1. The average Bonchev–Trinajstić information content (AvgIpc) is 3.27. The van der Waals surface area contributed by atoms with Crippen LogP contribution in [0.1, 0.15) is 15.9 Å². The first-order valence-electron chi connectivity index (χ1n) is 9.49. The van der Waals surface area contributed by atoms with Crippen LogP contribution in [0.25, 0.3) is 0 Å². The highest BCUT2D eigenvalue weighted by atomic mass is 35.5. The Morgan fingerprint density at radius 1 is 1.03 bits per heavy atom. The van der Waals surface area contributed by atoms with Gasteiger partial charge in [0.1, 0.15) is 11.5 Å². The van der Waals surface area contributed by atoms with Crippen molar-refractivity contribution in [1.82, 2.24) is 5.43 Å². The number of para-hydroxylation sites is 1. The van der Waals surface area contributed by atoms with Crippen LogP contribution in [-0.4, -0.2) is 31.5 Å². The third kappa shape index (κ3) is 5.35. The number of hydrogen-bond acceptors (Lipinski definition) is 7. The van der Waals surface area contributed by atoms with Gasteiger partial charge in [-0.05, 0) is 48.0 Å². The first-order valence-corrected chi connectivity index (χ1v) is 9.87. The Morgan fingerprint density at radius 3 is 2.75 bits per heavy atom. The maximum absolute atomic E-state index is 12.4. The first kappa shape index (κ1) is 21.2. The Bertz CT molecular complexity index is 1180. The summed E-state index contributed by atoms with van der Waals surface area (Å²) in [6.45, 7) is -0.119. The zero-order valence-corrected chi connectivity index (χ0v) is 17.4. The molecule has 0 aromatic heterocycles. The number of benzene rings is 3. The lowest BCUT2D eigenvalue weighted by Crippen LogP contribution is -2.24. The van der Waals surface area contributed by atoms with Gasteiger partial charge in [0.25, 0.3) is 5.91 Å². The van der Waals surface area contributed by atoms with Gasteiger partial charge in [-0.25, -0.2) is 10.2 Å². The molecule has 0 fully saturated rings. The summed E-state index contributed by atoms with van der Waals surface area (Å²) >= 11 is 5.97. The Morgan fingerprint density at radius 2 is 1.88 bits per heavy atom. The molecule has 0 radical (unpaired) electrons. The number of amides is 1. The van der Waals surface area contributed by atoms with Crippen LogP contribution < -0.4 is 24.4 Å². The van der Waals surface area contributed by atoms with Crippen LogP contribution in [0.2, 0.25) is 5.02 Å². The Balaban J connectivity index is 1.30. The van der Waals surface area contributed by atoms with Crippen molar-refractivity contribution >= 4 is 29.7 Å². The smallest absolute Gasteiger partial charge is 0.343 e. The third-order valence-corrected chi connectivity index (χ3v) is 4.59. The van der Waals surface area contributed by atoms with Gasteiger partial charge in [-0.15, -0.1) is 0 Å². The second-order valence-electron chi connectivity index (χ2n) is 6.54. The lowest BCUT2D eigenvalue weighted by molar-refractivity contribution is -0.123. The van der Waals surface area contributed by atoms with Crippen LogP contribution >= 0.6 is 11.6 Å². The molecule has 1 aliphatic heterocycles. The molecule has 0 bridgehead atoms. The van der Waals surface area contributed by atoms with E-state index in [1.165, 1.54) is 6.21 Å². The van der Waals surface area contributed by atoms with Gasteiger partial charge < -0.3 is 18.9 Å². The van der Waals surface area contributed by atoms with Gasteiger partial charge >= 0.3 is 5.97 Å². The number of carbonyl (C=O) groups excluding carboxylic acids is 2. The maximum Gasteiger partial charge on any atom is 0.343 e. The first-order chi connectivity index (χ1) is 15.6. The highest BCUT2D eigenvalue weighted by molar-refractivity contribution is 6.32. The second-order valence-corrected chi connectivity index (χ2v) is 6.95. The predicted molar refractivity (Wildman–Crippen MR) is 117 cm³/mol. The molecule has 4 rings (SSSR count). The lowest BCUT2D eigenvalue weighted by Gasteiger charge is -2.07. The molecule has 3 aromatic rings. The van der Waals surface area contributed by atoms with Gasteiger partial charge in [-0.1, -0.05) is 35.9 Å². The largest absolute Gasteiger partial charge is 0.482 e. The van der Waals surface area contributed by atoms with Crippen molar-refractivity contribution in [3.8, 4) is 23.0 Å². The molecule has 1 aliphatic rings. The molecule has 0 unspecified atom stereocenters. The number of halogens is 1. The normalized spacial score (nSPS) is 11.9. The predicted octanol–water partition coefficient (Wildman–Crippen LogP) is 3.82. The van der Waals surface area contributed by atoms with Crippen LogP contribution in [0, 0.1) is 0 Å². The molecule has 1 amide bonds. The minimum absolute atomic E-state index is 0.123. The molecule has 9 heteroatoms. The van der Waals surface area contributed by atoms with Crippen LogP contribution in [0.3, 0.4) is 0 Å². The second kappa shape index (κ2) is 9.84. The van der Waals surface area contributed by atoms with Gasteiger partial charge in [0.2, 0.25) is 6.79 Å². The summed E-state index contributed by atoms with van der Waals surface area (Å²) in [5, 5.41) is 4.30. The Labute approximate surface area is 188 Å². The van der Waals surface area contributed by atoms with Gasteiger partial charge in [0.15, 0.2) is 18.1 Å². The SMILES string of the molecule is O=C(COc1ccccc1Cl)NN=Cc1cccc(OC(=O)c2ccc3c(c2)OCO3)c1. The third-order valence-electron chi connectivity index (χ3n) is 4.28. The highest BCUT2D eigenvalue weighted by Gasteiger charge is 2.17. The summed E-state index contributed by atoms with van der Waals surface area (Å²) in [6.07, 6.45) is 1.42. The van der Waals surface area contributed by atoms with E-state index in [9.17, 15) is 9.59 Å². The molecule has 0 aliphatic carbocycles. The van der Waals surface area contributed by atoms with Crippen molar-refractivity contribution in [2.45, 2.75) is 0 Å². The van der Waals surface area contributed by atoms with E-state index in [2.05, 4.69) is 10.5 Å². The number of esters is 1. The van der Waals surface area contributed by atoms with Crippen molar-refractivity contribution in [3.05, 3.63) is 82.9 Å². The summed E-state index contributed by atoms with van der Waals surface area (Å²) in [7, 11) is 0. The fraction of sp³-hybridized carbons (Fsp3) is 0.0870. The molecule has 1 N–H and O–H groups in total. The molecule has 0 saturated heterocycles. The van der Waals surface area contributed by atoms with E-state index < -0.39 is 11.9 Å². The highest BCUT2D eigenvalue weighted by Crippen LogP contribution is 2.32. The number of carbonyl (C=O) groups is 2. The molecule has 8 nitrogen and oxygen atoms in total. The van der Waals surface area contributed by atoms with Crippen molar-refractivity contribution < 1.29 is 28.5 Å². The van der Waals surface area contributed by atoms with Crippen molar-refractivity contribution in [3.63, 3.8) is 0 Å². The minimum atomic E-state index is -0.539. The topological polar surface area (TPSA) is 95.5 Å². The molecular formula is C23H17ClN2O6. The molecule has 3 aromatic carbocycles. The van der Waals surface area contributed by atoms with E-state index in [4.69, 9.17) is 30.5 Å². The number of fused-ring (bicyclic) bond motifs is 1. The van der Waals surface area contributed by atoms with Crippen LogP contribution in [0.15, 0.2) is 71.8 Å². The zero-order valence-electron chi connectivity index (χ0n) is 16.6. The maximum atomic E-state index is 12.4. The fourth-order valence-corrected chi connectivity index (χ4v) is 2.95. The summed E-state index contributed by atoms with van der Waals surface area (Å²) in [5.74, 6) is 0.818. The van der Waals surface area contributed by atoms with E-state index in [0.29, 0.717) is 39.1 Å². The monoisotopic (exact) mass is 452 g/mol. The number of nitrogens with zero attached hydrogens (tertiary/aromatic N) is 1. The summed E-state index contributed by atoms with van der Waals surface area (Å²) in [4.78, 5) is 24.3. The zero-order chi connectivity index (χ0) is 22.3. The fourth-order valence-electron chi connectivity index (χ4n) is 2.76. The summed E-state index contributed by atoms with van der Waals surface area (Å²) < 4.78 is 21.3. The van der Waals surface area contributed by atoms with E-state index in [1.54, 1.807) is 66.7 Å². The van der Waals surface area contributed by atoms with E-state index in [0.717, 1.165) is 0 Å². The molecule has 0 atom stereocenters. The van der Waals surface area contributed by atoms with Gasteiger partial charge in [0.05, 0.1) is 16.8 Å². The van der Waals surface area contributed by atoms with Crippen molar-refractivity contribution in [1.29, 1.82) is 0 Å². The van der Waals surface area contributed by atoms with E-state index in [1.807, 2.05) is 0 Å². The molecule has 0 spiro atoms. The molecular weight excluding hydrogens is 436 g/mol. The Hall–Kier alpha value is -4.04. The number of rotatable bonds is 7. The van der Waals surface area contributed by atoms with Gasteiger partial charge in [0, 0.05) is 0 Å². The van der Waals surface area contributed by atoms with Gasteiger partial charge in [-0.3, -0.25) is 4.79 Å².